The van der Waals surface area contributed by atoms with E-state index in [2.05, 4.69) is 5.32 Å². The summed E-state index contributed by atoms with van der Waals surface area (Å²) in [6.45, 7) is 1.78. The summed E-state index contributed by atoms with van der Waals surface area (Å²) in [5.74, 6) is 1.31. The number of hydrogen-bond donors (Lipinski definition) is 2. The first-order chi connectivity index (χ1) is 10.1. The van der Waals surface area contributed by atoms with Crippen molar-refractivity contribution in [2.24, 2.45) is 5.92 Å². The van der Waals surface area contributed by atoms with Gasteiger partial charge in [-0.1, -0.05) is 12.1 Å². The molecule has 0 aromatic heterocycles. The Balaban J connectivity index is 2.07. The molecule has 2 amide bonds. The molecule has 2 N–H and O–H groups in total. The Labute approximate surface area is 125 Å². The molecule has 0 radical (unpaired) electrons. The Morgan fingerprint density at radius 1 is 1.43 bits per heavy atom. The number of rotatable bonds is 6. The van der Waals surface area contributed by atoms with Gasteiger partial charge in [0.15, 0.2) is 0 Å². The lowest BCUT2D eigenvalue weighted by atomic mass is 10.0. The van der Waals surface area contributed by atoms with E-state index >= 15 is 0 Å². The van der Waals surface area contributed by atoms with Crippen molar-refractivity contribution in [3.05, 3.63) is 29.8 Å². The van der Waals surface area contributed by atoms with Gasteiger partial charge < -0.3 is 20.1 Å². The lowest BCUT2D eigenvalue weighted by Crippen LogP contribution is -2.45. The van der Waals surface area contributed by atoms with E-state index in [1.54, 1.807) is 19.1 Å². The molecule has 116 valence electrons. The predicted molar refractivity (Wildman–Crippen MR) is 81.3 cm³/mol. The van der Waals surface area contributed by atoms with Crippen LogP contribution in [-0.4, -0.2) is 42.8 Å². The number of carbonyl (C=O) groups is 1. The van der Waals surface area contributed by atoms with Crippen molar-refractivity contribution in [1.82, 2.24) is 10.2 Å². The fourth-order valence-electron chi connectivity index (χ4n) is 2.27. The van der Waals surface area contributed by atoms with Crippen LogP contribution >= 0.6 is 0 Å². The second kappa shape index (κ2) is 6.80. The third-order valence-electron chi connectivity index (χ3n) is 4.09. The van der Waals surface area contributed by atoms with Crippen LogP contribution in [0.3, 0.4) is 0 Å². The van der Waals surface area contributed by atoms with E-state index in [4.69, 9.17) is 9.84 Å². The number of aliphatic hydroxyl groups excluding tert-OH is 1. The molecular weight excluding hydrogens is 268 g/mol. The third kappa shape index (κ3) is 3.88. The van der Waals surface area contributed by atoms with E-state index in [0.717, 1.165) is 24.2 Å². The van der Waals surface area contributed by atoms with Crippen molar-refractivity contribution in [3.8, 4) is 5.75 Å². The Kier molecular flexibility index (Phi) is 5.07. The molecule has 1 aliphatic rings. The Hall–Kier alpha value is -1.75. The molecule has 0 spiro atoms. The summed E-state index contributed by atoms with van der Waals surface area (Å²) in [4.78, 5) is 13.8. The van der Waals surface area contributed by atoms with Crippen molar-refractivity contribution < 1.29 is 14.6 Å². The maximum absolute atomic E-state index is 12.3. The minimum Gasteiger partial charge on any atom is -0.497 e. The van der Waals surface area contributed by atoms with E-state index in [9.17, 15) is 4.79 Å². The van der Waals surface area contributed by atoms with E-state index in [-0.39, 0.29) is 24.7 Å². The number of aliphatic hydroxyl groups is 1. The van der Waals surface area contributed by atoms with Crippen molar-refractivity contribution in [2.45, 2.75) is 31.8 Å². The molecule has 0 aliphatic heterocycles. The van der Waals surface area contributed by atoms with Crippen LogP contribution in [-0.2, 0) is 0 Å². The van der Waals surface area contributed by atoms with Gasteiger partial charge in [-0.05, 0) is 43.4 Å². The highest BCUT2D eigenvalue weighted by atomic mass is 16.5. The van der Waals surface area contributed by atoms with Crippen molar-refractivity contribution in [2.75, 3.05) is 20.8 Å². The zero-order chi connectivity index (χ0) is 15.4. The third-order valence-corrected chi connectivity index (χ3v) is 4.09. The minimum atomic E-state index is -0.194. The summed E-state index contributed by atoms with van der Waals surface area (Å²) >= 11 is 0. The highest BCUT2D eigenvalue weighted by Crippen LogP contribution is 2.41. The highest BCUT2D eigenvalue weighted by molar-refractivity contribution is 5.74. The molecule has 0 heterocycles. The van der Waals surface area contributed by atoms with Gasteiger partial charge in [0.25, 0.3) is 0 Å². The largest absolute Gasteiger partial charge is 0.497 e. The van der Waals surface area contributed by atoms with Crippen LogP contribution in [0.25, 0.3) is 0 Å². The average molecular weight is 292 g/mol. The van der Waals surface area contributed by atoms with Crippen LogP contribution in [0, 0.1) is 5.92 Å². The number of nitrogens with zero attached hydrogens (tertiary/aromatic N) is 1. The molecule has 5 heteroatoms. The molecule has 0 saturated heterocycles. The zero-order valence-electron chi connectivity index (χ0n) is 12.9. The summed E-state index contributed by atoms with van der Waals surface area (Å²) in [7, 11) is 3.34. The van der Waals surface area contributed by atoms with Gasteiger partial charge in [0.2, 0.25) is 0 Å². The van der Waals surface area contributed by atoms with Crippen molar-refractivity contribution in [1.29, 1.82) is 0 Å². The second-order valence-corrected chi connectivity index (χ2v) is 5.68. The molecule has 1 aromatic rings. The molecule has 21 heavy (non-hydrogen) atoms. The Bertz CT molecular complexity index is 471. The number of amides is 2. The number of carbonyl (C=O) groups excluding carboxylic acids is 1. The van der Waals surface area contributed by atoms with Crippen LogP contribution in [0.15, 0.2) is 24.3 Å². The maximum atomic E-state index is 12.3. The van der Waals surface area contributed by atoms with Crippen LogP contribution in [0.1, 0.15) is 31.4 Å². The van der Waals surface area contributed by atoms with E-state index in [0.29, 0.717) is 5.92 Å². The SMILES string of the molecule is COc1ccc(C(NC(=O)N(C)C(C)CO)C2CC2)cc1. The number of ether oxygens (including phenoxy) is 1. The van der Waals surface area contributed by atoms with Gasteiger partial charge in [0.05, 0.1) is 25.8 Å². The van der Waals surface area contributed by atoms with Crippen LogP contribution in [0.2, 0.25) is 0 Å². The quantitative estimate of drug-likeness (QED) is 0.844. The average Bonchev–Trinajstić information content (AvgIpc) is 3.35. The van der Waals surface area contributed by atoms with Crippen LogP contribution in [0.5, 0.6) is 5.75 Å². The van der Waals surface area contributed by atoms with Crippen molar-refractivity contribution >= 4 is 6.03 Å². The number of nitrogens with one attached hydrogen (secondary N) is 1. The van der Waals surface area contributed by atoms with E-state index in [1.807, 2.05) is 31.2 Å². The summed E-state index contributed by atoms with van der Waals surface area (Å²) in [6.07, 6.45) is 2.27. The van der Waals surface area contributed by atoms with Gasteiger partial charge in [0, 0.05) is 7.05 Å². The number of benzene rings is 1. The summed E-state index contributed by atoms with van der Waals surface area (Å²) in [5, 5.41) is 12.2. The summed E-state index contributed by atoms with van der Waals surface area (Å²) in [5.41, 5.74) is 1.09. The first-order valence-corrected chi connectivity index (χ1v) is 7.35. The number of methoxy groups -OCH3 is 1. The number of hydrogen-bond acceptors (Lipinski definition) is 3. The molecule has 1 aromatic carbocycles. The van der Waals surface area contributed by atoms with Gasteiger partial charge >= 0.3 is 6.03 Å². The second-order valence-electron chi connectivity index (χ2n) is 5.68. The Morgan fingerprint density at radius 2 is 2.05 bits per heavy atom. The highest BCUT2D eigenvalue weighted by Gasteiger charge is 2.34. The first-order valence-electron chi connectivity index (χ1n) is 7.35. The van der Waals surface area contributed by atoms with Crippen molar-refractivity contribution in [3.63, 3.8) is 0 Å². The van der Waals surface area contributed by atoms with Crippen LogP contribution in [0.4, 0.5) is 4.79 Å². The summed E-state index contributed by atoms with van der Waals surface area (Å²) in [6, 6.07) is 7.50. The minimum absolute atomic E-state index is 0.0248. The van der Waals surface area contributed by atoms with Gasteiger partial charge in [-0.3, -0.25) is 0 Å². The Morgan fingerprint density at radius 3 is 2.52 bits per heavy atom. The molecule has 2 rings (SSSR count). The van der Waals surface area contributed by atoms with Gasteiger partial charge in [0.1, 0.15) is 5.75 Å². The molecule has 2 atom stereocenters. The molecule has 5 nitrogen and oxygen atoms in total. The number of urea groups is 1. The fraction of sp³-hybridized carbons (Fsp3) is 0.562. The molecular formula is C16H24N2O3. The lowest BCUT2D eigenvalue weighted by Gasteiger charge is -2.27. The monoisotopic (exact) mass is 292 g/mol. The zero-order valence-corrected chi connectivity index (χ0v) is 12.9. The first kappa shape index (κ1) is 15.6. The van der Waals surface area contributed by atoms with E-state index < -0.39 is 0 Å². The molecule has 0 bridgehead atoms. The van der Waals surface area contributed by atoms with Crippen LogP contribution < -0.4 is 10.1 Å². The smallest absolute Gasteiger partial charge is 0.317 e. The summed E-state index contributed by atoms with van der Waals surface area (Å²) < 4.78 is 5.17. The molecule has 1 aliphatic carbocycles. The predicted octanol–water partition coefficient (Wildman–Crippen LogP) is 2.17. The molecule has 2 unspecified atom stereocenters. The normalized spacial score (nSPS) is 17.0. The standard InChI is InChI=1S/C16H24N2O3/c1-11(10-19)18(2)16(20)17-15(12-4-5-12)13-6-8-14(21-3)9-7-13/h6-9,11-12,15,19H,4-5,10H2,1-3H3,(H,17,20). The molecule has 1 saturated carbocycles. The van der Waals surface area contributed by atoms with Gasteiger partial charge in [-0.25, -0.2) is 4.79 Å². The van der Waals surface area contributed by atoms with E-state index in [1.165, 1.54) is 0 Å². The fourth-order valence-corrected chi connectivity index (χ4v) is 2.27. The number of likely N-dealkylation sites (N-methyl/N-ethyl adjacent to an activating group) is 1. The topological polar surface area (TPSA) is 61.8 Å². The maximum Gasteiger partial charge on any atom is 0.317 e. The molecule has 1 fully saturated rings. The lowest BCUT2D eigenvalue weighted by molar-refractivity contribution is 0.154. The van der Waals surface area contributed by atoms with Gasteiger partial charge in [-0.15, -0.1) is 0 Å². The van der Waals surface area contributed by atoms with Gasteiger partial charge in [-0.2, -0.15) is 0 Å².